The second kappa shape index (κ2) is 9.53. The highest BCUT2D eigenvalue weighted by atomic mass is 16.3. The van der Waals surface area contributed by atoms with Crippen LogP contribution in [0.4, 0.5) is 11.6 Å². The summed E-state index contributed by atoms with van der Waals surface area (Å²) in [6.07, 6.45) is 3.78. The molecule has 5 nitrogen and oxygen atoms in total. The van der Waals surface area contributed by atoms with Gasteiger partial charge in [0.2, 0.25) is 0 Å². The van der Waals surface area contributed by atoms with Crippen molar-refractivity contribution in [1.82, 2.24) is 9.97 Å². The van der Waals surface area contributed by atoms with Gasteiger partial charge in [0, 0.05) is 32.2 Å². The summed E-state index contributed by atoms with van der Waals surface area (Å²) < 4.78 is 0. The van der Waals surface area contributed by atoms with Gasteiger partial charge >= 0.3 is 0 Å². The van der Waals surface area contributed by atoms with Crippen LogP contribution in [-0.4, -0.2) is 34.8 Å². The molecule has 0 aliphatic rings. The van der Waals surface area contributed by atoms with Crippen LogP contribution in [-0.2, 0) is 6.42 Å². The highest BCUT2D eigenvalue weighted by Gasteiger charge is 2.07. The molecule has 5 heteroatoms. The minimum atomic E-state index is 0.244. The number of rotatable bonds is 10. The van der Waals surface area contributed by atoms with Crippen LogP contribution in [0.2, 0.25) is 0 Å². The molecule has 1 aromatic heterocycles. The lowest BCUT2D eigenvalue weighted by Gasteiger charge is -2.16. The predicted octanol–water partition coefficient (Wildman–Crippen LogP) is 2.68. The van der Waals surface area contributed by atoms with E-state index in [1.807, 2.05) is 6.07 Å². The fourth-order valence-corrected chi connectivity index (χ4v) is 1.97. The number of hydrogen-bond acceptors (Lipinski definition) is 5. The molecule has 0 radical (unpaired) electrons. The topological polar surface area (TPSA) is 70.1 Å². The van der Waals surface area contributed by atoms with E-state index in [0.717, 1.165) is 56.2 Å². The van der Waals surface area contributed by atoms with Gasteiger partial charge in [0.05, 0.1) is 0 Å². The van der Waals surface area contributed by atoms with E-state index < -0.39 is 0 Å². The summed E-state index contributed by atoms with van der Waals surface area (Å²) in [6.45, 7) is 8.34. The number of aliphatic hydroxyl groups is 1. The summed E-state index contributed by atoms with van der Waals surface area (Å²) >= 11 is 0. The maximum Gasteiger partial charge on any atom is 0.132 e. The van der Waals surface area contributed by atoms with Crippen LogP contribution in [0.3, 0.4) is 0 Å². The van der Waals surface area contributed by atoms with E-state index in [9.17, 15) is 0 Å². The number of aryl methyl sites for hydroxylation is 1. The molecular formula is C15H28N4O. The van der Waals surface area contributed by atoms with E-state index in [-0.39, 0.29) is 6.61 Å². The van der Waals surface area contributed by atoms with Gasteiger partial charge in [0.25, 0.3) is 0 Å². The molecular weight excluding hydrogens is 252 g/mol. The van der Waals surface area contributed by atoms with Crippen molar-refractivity contribution in [3.8, 4) is 0 Å². The van der Waals surface area contributed by atoms with Crippen molar-refractivity contribution in [1.29, 1.82) is 0 Å². The zero-order chi connectivity index (χ0) is 14.8. The quantitative estimate of drug-likeness (QED) is 0.615. The Labute approximate surface area is 122 Å². The standard InChI is InChI=1S/C15H28N4O/c1-4-8-16-14-10-15(19-13(6-3)18-14)17-11-12(5-2)7-9-20/h10,12,20H,4-9,11H2,1-3H3,(H2,16,17,18,19). The van der Waals surface area contributed by atoms with Crippen LogP contribution in [0.15, 0.2) is 6.07 Å². The van der Waals surface area contributed by atoms with Gasteiger partial charge in [0.1, 0.15) is 17.5 Å². The average Bonchev–Trinajstić information content (AvgIpc) is 2.49. The number of nitrogens with zero attached hydrogens (tertiary/aromatic N) is 2. The minimum absolute atomic E-state index is 0.244. The molecule has 3 N–H and O–H groups in total. The monoisotopic (exact) mass is 280 g/mol. The number of nitrogens with one attached hydrogen (secondary N) is 2. The van der Waals surface area contributed by atoms with E-state index in [0.29, 0.717) is 5.92 Å². The van der Waals surface area contributed by atoms with Crippen LogP contribution in [0.5, 0.6) is 0 Å². The summed E-state index contributed by atoms with van der Waals surface area (Å²) in [4.78, 5) is 8.97. The SMILES string of the molecule is CCCNc1cc(NCC(CC)CCO)nc(CC)n1. The van der Waals surface area contributed by atoms with Crippen molar-refractivity contribution >= 4 is 11.6 Å². The largest absolute Gasteiger partial charge is 0.396 e. The lowest BCUT2D eigenvalue weighted by atomic mass is 10.0. The van der Waals surface area contributed by atoms with Gasteiger partial charge in [-0.05, 0) is 18.8 Å². The molecule has 0 aromatic carbocycles. The van der Waals surface area contributed by atoms with Crippen molar-refractivity contribution in [3.63, 3.8) is 0 Å². The maximum atomic E-state index is 9.02. The van der Waals surface area contributed by atoms with E-state index >= 15 is 0 Å². The van der Waals surface area contributed by atoms with Gasteiger partial charge < -0.3 is 15.7 Å². The fraction of sp³-hybridized carbons (Fsp3) is 0.733. The van der Waals surface area contributed by atoms with Crippen molar-refractivity contribution in [3.05, 3.63) is 11.9 Å². The lowest BCUT2D eigenvalue weighted by Crippen LogP contribution is -2.16. The average molecular weight is 280 g/mol. The molecule has 0 amide bonds. The molecule has 20 heavy (non-hydrogen) atoms. The van der Waals surface area contributed by atoms with Crippen LogP contribution >= 0.6 is 0 Å². The van der Waals surface area contributed by atoms with Crippen molar-refractivity contribution in [2.75, 3.05) is 30.3 Å². The molecule has 114 valence electrons. The first-order valence-corrected chi connectivity index (χ1v) is 7.69. The smallest absolute Gasteiger partial charge is 0.132 e. The van der Waals surface area contributed by atoms with Gasteiger partial charge in [-0.2, -0.15) is 0 Å². The summed E-state index contributed by atoms with van der Waals surface area (Å²) in [5.41, 5.74) is 0. The lowest BCUT2D eigenvalue weighted by molar-refractivity contribution is 0.258. The minimum Gasteiger partial charge on any atom is -0.396 e. The highest BCUT2D eigenvalue weighted by molar-refractivity contribution is 5.47. The van der Waals surface area contributed by atoms with Gasteiger partial charge in [0.15, 0.2) is 0 Å². The normalized spacial score (nSPS) is 12.2. The Morgan fingerprint density at radius 3 is 2.40 bits per heavy atom. The van der Waals surface area contributed by atoms with Crippen LogP contribution in [0.1, 0.15) is 45.9 Å². The Hall–Kier alpha value is -1.36. The molecule has 1 unspecified atom stereocenters. The number of anilines is 2. The number of aliphatic hydroxyl groups excluding tert-OH is 1. The molecule has 0 saturated carbocycles. The summed E-state index contributed by atoms with van der Waals surface area (Å²) in [5.74, 6) is 3.08. The van der Waals surface area contributed by atoms with E-state index in [4.69, 9.17) is 5.11 Å². The van der Waals surface area contributed by atoms with Gasteiger partial charge in [-0.1, -0.05) is 27.2 Å². The van der Waals surface area contributed by atoms with Crippen LogP contribution < -0.4 is 10.6 Å². The predicted molar refractivity (Wildman–Crippen MR) is 84.2 cm³/mol. The molecule has 1 heterocycles. The first kappa shape index (κ1) is 16.7. The summed E-state index contributed by atoms with van der Waals surface area (Å²) in [6, 6.07) is 1.96. The molecule has 0 saturated heterocycles. The summed E-state index contributed by atoms with van der Waals surface area (Å²) in [7, 11) is 0. The molecule has 0 fully saturated rings. The fourth-order valence-electron chi connectivity index (χ4n) is 1.97. The first-order valence-electron chi connectivity index (χ1n) is 7.69. The van der Waals surface area contributed by atoms with Crippen molar-refractivity contribution in [2.24, 2.45) is 5.92 Å². The maximum absolute atomic E-state index is 9.02. The van der Waals surface area contributed by atoms with E-state index in [1.54, 1.807) is 0 Å². The molecule has 0 spiro atoms. The van der Waals surface area contributed by atoms with Crippen LogP contribution in [0.25, 0.3) is 0 Å². The third kappa shape index (κ3) is 5.74. The van der Waals surface area contributed by atoms with E-state index in [2.05, 4.69) is 41.4 Å². The second-order valence-electron chi connectivity index (χ2n) is 5.00. The Balaban J connectivity index is 2.67. The Morgan fingerprint density at radius 1 is 1.15 bits per heavy atom. The Morgan fingerprint density at radius 2 is 1.85 bits per heavy atom. The Bertz CT molecular complexity index is 384. The molecule has 0 aliphatic carbocycles. The molecule has 1 atom stereocenters. The number of aromatic nitrogens is 2. The molecule has 1 rings (SSSR count). The van der Waals surface area contributed by atoms with E-state index in [1.165, 1.54) is 0 Å². The summed E-state index contributed by atoms with van der Waals surface area (Å²) in [5, 5.41) is 15.7. The third-order valence-electron chi connectivity index (χ3n) is 3.33. The van der Waals surface area contributed by atoms with Gasteiger partial charge in [-0.3, -0.25) is 0 Å². The number of hydrogen-bond donors (Lipinski definition) is 3. The van der Waals surface area contributed by atoms with Crippen molar-refractivity contribution < 1.29 is 5.11 Å². The molecule has 1 aromatic rings. The molecule has 0 bridgehead atoms. The molecule has 0 aliphatic heterocycles. The van der Waals surface area contributed by atoms with Gasteiger partial charge in [-0.25, -0.2) is 9.97 Å². The zero-order valence-electron chi connectivity index (χ0n) is 12.9. The second-order valence-corrected chi connectivity index (χ2v) is 5.00. The van der Waals surface area contributed by atoms with Gasteiger partial charge in [-0.15, -0.1) is 0 Å². The first-order chi connectivity index (χ1) is 9.73. The zero-order valence-corrected chi connectivity index (χ0v) is 12.9. The third-order valence-corrected chi connectivity index (χ3v) is 3.33. The Kier molecular flexibility index (Phi) is 7.95. The highest BCUT2D eigenvalue weighted by Crippen LogP contribution is 2.14. The van der Waals surface area contributed by atoms with Crippen LogP contribution in [0, 0.1) is 5.92 Å². The van der Waals surface area contributed by atoms with Crippen molar-refractivity contribution in [2.45, 2.75) is 46.5 Å².